The first kappa shape index (κ1) is 22.8. The summed E-state index contributed by atoms with van der Waals surface area (Å²) in [4.78, 5) is 38.3. The summed E-state index contributed by atoms with van der Waals surface area (Å²) in [5.41, 5.74) is 4.57. The van der Waals surface area contributed by atoms with Gasteiger partial charge in [0.1, 0.15) is 12.6 Å². The fraction of sp³-hybridized carbons (Fsp3) is 0.423. The second-order valence-corrected chi connectivity index (χ2v) is 8.70. The Hall–Kier alpha value is -3.35. The maximum atomic E-state index is 13.1. The van der Waals surface area contributed by atoms with Gasteiger partial charge in [-0.1, -0.05) is 55.0 Å². The normalized spacial score (nSPS) is 15.7. The zero-order valence-electron chi connectivity index (χ0n) is 18.8. The van der Waals surface area contributed by atoms with Crippen LogP contribution in [-0.2, 0) is 14.3 Å². The lowest BCUT2D eigenvalue weighted by Gasteiger charge is -2.36. The van der Waals surface area contributed by atoms with Crippen LogP contribution in [0.5, 0.6) is 0 Å². The highest BCUT2D eigenvalue weighted by molar-refractivity contribution is 5.86. The molecule has 0 bridgehead atoms. The van der Waals surface area contributed by atoms with Crippen LogP contribution >= 0.6 is 0 Å². The SMILES string of the molecule is CCN(CCC(=O)O)C(=O)C(NC(=O)OCC1c2ccccc2-c2ccccc21)C1CCC1. The molecular formula is C26H30N2O5. The number of carboxylic acid groups (broad SMARTS) is 1. The van der Waals surface area contributed by atoms with E-state index >= 15 is 0 Å². The summed E-state index contributed by atoms with van der Waals surface area (Å²) in [7, 11) is 0. The number of aliphatic carboxylic acids is 1. The molecule has 2 aromatic carbocycles. The van der Waals surface area contributed by atoms with Gasteiger partial charge < -0.3 is 20.1 Å². The van der Waals surface area contributed by atoms with Crippen LogP contribution in [0.3, 0.4) is 0 Å². The van der Waals surface area contributed by atoms with Crippen LogP contribution in [0.2, 0.25) is 0 Å². The van der Waals surface area contributed by atoms with Crippen LogP contribution < -0.4 is 5.32 Å². The molecule has 33 heavy (non-hydrogen) atoms. The molecule has 1 atom stereocenters. The van der Waals surface area contributed by atoms with Crippen molar-refractivity contribution in [2.24, 2.45) is 5.92 Å². The summed E-state index contributed by atoms with van der Waals surface area (Å²) < 4.78 is 5.64. The second kappa shape index (κ2) is 10.1. The molecule has 2 aliphatic rings. The Morgan fingerprint density at radius 1 is 1.06 bits per heavy atom. The minimum atomic E-state index is -0.953. The Morgan fingerprint density at radius 3 is 2.18 bits per heavy atom. The number of ether oxygens (including phenoxy) is 1. The summed E-state index contributed by atoms with van der Waals surface area (Å²) in [6, 6.07) is 15.6. The Kier molecular flexibility index (Phi) is 6.96. The molecule has 7 heteroatoms. The van der Waals surface area contributed by atoms with E-state index in [4.69, 9.17) is 9.84 Å². The van der Waals surface area contributed by atoms with Gasteiger partial charge in [-0.2, -0.15) is 0 Å². The minimum absolute atomic E-state index is 0.0521. The van der Waals surface area contributed by atoms with E-state index in [1.54, 1.807) is 0 Å². The van der Waals surface area contributed by atoms with Gasteiger partial charge in [0.05, 0.1) is 6.42 Å². The number of carboxylic acids is 1. The Balaban J connectivity index is 1.42. The monoisotopic (exact) mass is 450 g/mol. The molecule has 2 N–H and O–H groups in total. The van der Waals surface area contributed by atoms with Crippen molar-refractivity contribution in [3.05, 3.63) is 59.7 Å². The molecule has 2 amide bonds. The lowest BCUT2D eigenvalue weighted by Crippen LogP contribution is -2.54. The highest BCUT2D eigenvalue weighted by atomic mass is 16.5. The number of benzene rings is 2. The van der Waals surface area contributed by atoms with Gasteiger partial charge in [0.2, 0.25) is 5.91 Å². The lowest BCUT2D eigenvalue weighted by atomic mass is 9.79. The zero-order chi connectivity index (χ0) is 23.4. The van der Waals surface area contributed by atoms with E-state index in [0.717, 1.165) is 41.5 Å². The van der Waals surface area contributed by atoms with Crippen molar-refractivity contribution in [3.8, 4) is 11.1 Å². The van der Waals surface area contributed by atoms with Crippen LogP contribution in [0.1, 0.15) is 49.7 Å². The van der Waals surface area contributed by atoms with E-state index in [1.807, 2.05) is 31.2 Å². The third-order valence-electron chi connectivity index (χ3n) is 6.79. The van der Waals surface area contributed by atoms with Crippen molar-refractivity contribution in [1.82, 2.24) is 10.2 Å². The van der Waals surface area contributed by atoms with Gasteiger partial charge in [-0.3, -0.25) is 9.59 Å². The zero-order valence-corrected chi connectivity index (χ0v) is 18.8. The average molecular weight is 451 g/mol. The van der Waals surface area contributed by atoms with Crippen LogP contribution in [0, 0.1) is 5.92 Å². The number of carbonyl (C=O) groups excluding carboxylic acids is 2. The first-order chi connectivity index (χ1) is 16.0. The highest BCUT2D eigenvalue weighted by Gasteiger charge is 2.37. The number of fused-ring (bicyclic) bond motifs is 3. The van der Waals surface area contributed by atoms with Crippen molar-refractivity contribution in [3.63, 3.8) is 0 Å². The third-order valence-corrected chi connectivity index (χ3v) is 6.79. The molecular weight excluding hydrogens is 420 g/mol. The number of nitrogens with one attached hydrogen (secondary N) is 1. The number of nitrogens with zero attached hydrogens (tertiary/aromatic N) is 1. The number of rotatable bonds is 9. The maximum Gasteiger partial charge on any atom is 0.407 e. The van der Waals surface area contributed by atoms with Gasteiger partial charge in [0, 0.05) is 19.0 Å². The van der Waals surface area contributed by atoms with E-state index in [0.29, 0.717) is 6.54 Å². The molecule has 0 radical (unpaired) electrons. The first-order valence-electron chi connectivity index (χ1n) is 11.6. The minimum Gasteiger partial charge on any atom is -0.481 e. The molecule has 2 aromatic rings. The number of carbonyl (C=O) groups is 3. The average Bonchev–Trinajstić information content (AvgIpc) is 3.10. The first-order valence-corrected chi connectivity index (χ1v) is 11.6. The molecule has 174 valence electrons. The molecule has 1 saturated carbocycles. The Morgan fingerprint density at radius 2 is 1.67 bits per heavy atom. The summed E-state index contributed by atoms with van der Waals surface area (Å²) in [5, 5.41) is 11.8. The van der Waals surface area contributed by atoms with Gasteiger partial charge in [-0.25, -0.2) is 4.79 Å². The van der Waals surface area contributed by atoms with E-state index in [9.17, 15) is 14.4 Å². The smallest absolute Gasteiger partial charge is 0.407 e. The molecule has 0 heterocycles. The van der Waals surface area contributed by atoms with Crippen LogP contribution in [0.4, 0.5) is 4.79 Å². The lowest BCUT2D eigenvalue weighted by molar-refractivity contribution is -0.139. The van der Waals surface area contributed by atoms with Crippen molar-refractivity contribution >= 4 is 18.0 Å². The summed E-state index contributed by atoms with van der Waals surface area (Å²) in [6.45, 7) is 2.51. The van der Waals surface area contributed by atoms with Crippen molar-refractivity contribution in [2.75, 3.05) is 19.7 Å². The second-order valence-electron chi connectivity index (χ2n) is 8.70. The number of hydrogen-bond donors (Lipinski definition) is 2. The molecule has 1 unspecified atom stereocenters. The largest absolute Gasteiger partial charge is 0.481 e. The summed E-state index contributed by atoms with van der Waals surface area (Å²) in [5.74, 6) is -1.19. The van der Waals surface area contributed by atoms with Gasteiger partial charge in [0.15, 0.2) is 0 Å². The van der Waals surface area contributed by atoms with Crippen molar-refractivity contribution in [2.45, 2.75) is 44.6 Å². The van der Waals surface area contributed by atoms with E-state index in [1.165, 1.54) is 4.90 Å². The topological polar surface area (TPSA) is 95.9 Å². The molecule has 7 nitrogen and oxygen atoms in total. The van der Waals surface area contributed by atoms with Gasteiger partial charge in [-0.15, -0.1) is 0 Å². The van der Waals surface area contributed by atoms with Crippen molar-refractivity contribution < 1.29 is 24.2 Å². The summed E-state index contributed by atoms with van der Waals surface area (Å²) >= 11 is 0. The number of amides is 2. The number of alkyl carbamates (subject to hydrolysis) is 1. The Bertz CT molecular complexity index is 987. The van der Waals surface area contributed by atoms with E-state index in [2.05, 4.69) is 29.6 Å². The van der Waals surface area contributed by atoms with Crippen LogP contribution in [-0.4, -0.2) is 53.7 Å². The highest BCUT2D eigenvalue weighted by Crippen LogP contribution is 2.44. The van der Waals surface area contributed by atoms with Gasteiger partial charge >= 0.3 is 12.1 Å². The predicted molar refractivity (Wildman–Crippen MR) is 124 cm³/mol. The summed E-state index contributed by atoms with van der Waals surface area (Å²) in [6.07, 6.45) is 1.99. The van der Waals surface area contributed by atoms with E-state index < -0.39 is 18.1 Å². The van der Waals surface area contributed by atoms with Crippen LogP contribution in [0.25, 0.3) is 11.1 Å². The fourth-order valence-electron chi connectivity index (χ4n) is 4.77. The molecule has 4 rings (SSSR count). The number of hydrogen-bond acceptors (Lipinski definition) is 4. The number of likely N-dealkylation sites (N-methyl/N-ethyl adjacent to an activating group) is 1. The van der Waals surface area contributed by atoms with Gasteiger partial charge in [-0.05, 0) is 47.9 Å². The third kappa shape index (κ3) is 4.87. The fourth-order valence-corrected chi connectivity index (χ4v) is 4.77. The molecule has 0 saturated heterocycles. The molecule has 0 aromatic heterocycles. The van der Waals surface area contributed by atoms with Gasteiger partial charge in [0.25, 0.3) is 0 Å². The van der Waals surface area contributed by atoms with E-state index in [-0.39, 0.29) is 37.3 Å². The molecule has 0 spiro atoms. The maximum absolute atomic E-state index is 13.1. The molecule has 2 aliphatic carbocycles. The predicted octanol–water partition coefficient (Wildman–Crippen LogP) is 4.02. The van der Waals surface area contributed by atoms with Crippen LogP contribution in [0.15, 0.2) is 48.5 Å². The van der Waals surface area contributed by atoms with Crippen molar-refractivity contribution in [1.29, 1.82) is 0 Å². The standard InChI is InChI=1S/C26H30N2O5/c1-2-28(15-14-23(29)30)25(31)24(17-8-7-9-17)27-26(32)33-16-22-20-12-5-3-10-18(20)19-11-4-6-13-21(19)22/h3-6,10-13,17,22,24H,2,7-9,14-16H2,1H3,(H,27,32)(H,29,30). The molecule has 1 fully saturated rings. The quantitative estimate of drug-likeness (QED) is 0.602. The Labute approximate surface area is 193 Å². The molecule has 0 aliphatic heterocycles.